The van der Waals surface area contributed by atoms with Gasteiger partial charge in [-0.2, -0.15) is 5.10 Å². The van der Waals surface area contributed by atoms with E-state index in [1.54, 1.807) is 0 Å². The van der Waals surface area contributed by atoms with Crippen molar-refractivity contribution in [2.75, 3.05) is 6.54 Å². The zero-order chi connectivity index (χ0) is 12.8. The van der Waals surface area contributed by atoms with E-state index in [9.17, 15) is 0 Å². The molecule has 1 fully saturated rings. The molecule has 1 aromatic rings. The second kappa shape index (κ2) is 6.93. The van der Waals surface area contributed by atoms with E-state index < -0.39 is 0 Å². The van der Waals surface area contributed by atoms with Crippen molar-refractivity contribution in [3.63, 3.8) is 0 Å². The van der Waals surface area contributed by atoms with Crippen LogP contribution in [0.5, 0.6) is 0 Å². The molecule has 0 radical (unpaired) electrons. The second-order valence-corrected chi connectivity index (χ2v) is 5.70. The van der Waals surface area contributed by atoms with Gasteiger partial charge in [-0.1, -0.05) is 26.2 Å². The molecule has 3 heteroatoms. The monoisotopic (exact) mass is 249 g/mol. The molecule has 0 amide bonds. The van der Waals surface area contributed by atoms with E-state index in [4.69, 9.17) is 0 Å². The van der Waals surface area contributed by atoms with E-state index in [1.165, 1.54) is 44.1 Å². The fourth-order valence-corrected chi connectivity index (χ4v) is 3.01. The maximum Gasteiger partial charge on any atom is 0.0565 e. The van der Waals surface area contributed by atoms with Gasteiger partial charge < -0.3 is 5.32 Å². The van der Waals surface area contributed by atoms with Crippen molar-refractivity contribution in [2.24, 2.45) is 5.92 Å². The summed E-state index contributed by atoms with van der Waals surface area (Å²) in [5.74, 6) is 0.842. The number of hydrogen-bond donors (Lipinski definition) is 1. The summed E-state index contributed by atoms with van der Waals surface area (Å²) in [4.78, 5) is 0. The van der Waals surface area contributed by atoms with Gasteiger partial charge in [0, 0.05) is 12.2 Å². The lowest BCUT2D eigenvalue weighted by atomic mass is 9.84. The van der Waals surface area contributed by atoms with Crippen LogP contribution in [0.4, 0.5) is 0 Å². The number of nitrogens with one attached hydrogen (secondary N) is 1. The molecule has 1 unspecified atom stereocenters. The summed E-state index contributed by atoms with van der Waals surface area (Å²) in [7, 11) is 0. The van der Waals surface area contributed by atoms with Crippen molar-refractivity contribution in [3.05, 3.63) is 18.0 Å². The molecule has 2 rings (SSSR count). The van der Waals surface area contributed by atoms with Gasteiger partial charge in [-0.05, 0) is 44.2 Å². The number of rotatable bonds is 6. The van der Waals surface area contributed by atoms with Gasteiger partial charge in [-0.15, -0.1) is 0 Å². The van der Waals surface area contributed by atoms with Gasteiger partial charge in [0.15, 0.2) is 0 Å². The Bertz CT molecular complexity index is 339. The average molecular weight is 249 g/mol. The minimum atomic E-state index is 0.601. The van der Waals surface area contributed by atoms with Crippen molar-refractivity contribution in [1.82, 2.24) is 15.1 Å². The number of hydrogen-bond acceptors (Lipinski definition) is 2. The van der Waals surface area contributed by atoms with E-state index in [0.717, 1.165) is 19.0 Å². The van der Waals surface area contributed by atoms with E-state index in [1.807, 2.05) is 6.20 Å². The van der Waals surface area contributed by atoms with E-state index >= 15 is 0 Å². The summed E-state index contributed by atoms with van der Waals surface area (Å²) in [5, 5.41) is 8.17. The molecule has 1 N–H and O–H groups in total. The molecule has 1 saturated carbocycles. The highest BCUT2D eigenvalue weighted by molar-refractivity contribution is 4.99. The summed E-state index contributed by atoms with van der Waals surface area (Å²) < 4.78 is 2.11. The van der Waals surface area contributed by atoms with Crippen LogP contribution in [-0.2, 0) is 6.54 Å². The molecule has 0 aliphatic heterocycles. The molecule has 1 aliphatic carbocycles. The van der Waals surface area contributed by atoms with E-state index in [-0.39, 0.29) is 0 Å². The van der Waals surface area contributed by atoms with Crippen LogP contribution in [0.2, 0.25) is 0 Å². The lowest BCUT2D eigenvalue weighted by Gasteiger charge is -2.31. The van der Waals surface area contributed by atoms with Crippen LogP contribution < -0.4 is 5.32 Å². The van der Waals surface area contributed by atoms with Gasteiger partial charge in [0.1, 0.15) is 0 Å². The Hall–Kier alpha value is -0.830. The number of aryl methyl sites for hydroxylation is 1. The van der Waals surface area contributed by atoms with Gasteiger partial charge in [0.25, 0.3) is 0 Å². The summed E-state index contributed by atoms with van der Waals surface area (Å²) in [6.07, 6.45) is 12.4. The summed E-state index contributed by atoms with van der Waals surface area (Å²) in [6, 6.07) is 0.601. The van der Waals surface area contributed by atoms with Crippen LogP contribution in [0.15, 0.2) is 12.4 Å². The van der Waals surface area contributed by atoms with Crippen molar-refractivity contribution < 1.29 is 0 Å². The smallest absolute Gasteiger partial charge is 0.0565 e. The Morgan fingerprint density at radius 1 is 1.39 bits per heavy atom. The first-order valence-corrected chi connectivity index (χ1v) is 7.52. The molecule has 18 heavy (non-hydrogen) atoms. The average Bonchev–Trinajstić information content (AvgIpc) is 2.81. The molecule has 0 aromatic carbocycles. The van der Waals surface area contributed by atoms with Crippen LogP contribution in [-0.4, -0.2) is 22.4 Å². The first-order chi connectivity index (χ1) is 8.79. The fourth-order valence-electron chi connectivity index (χ4n) is 3.01. The fraction of sp³-hybridized carbons (Fsp3) is 0.800. The molecular formula is C15H27N3. The molecule has 0 bridgehead atoms. The Morgan fingerprint density at radius 3 is 2.78 bits per heavy atom. The van der Waals surface area contributed by atoms with Crippen molar-refractivity contribution in [2.45, 2.75) is 65.0 Å². The topological polar surface area (TPSA) is 29.9 Å². The summed E-state index contributed by atoms with van der Waals surface area (Å²) in [6.45, 7) is 6.50. The van der Waals surface area contributed by atoms with Gasteiger partial charge >= 0.3 is 0 Å². The Morgan fingerprint density at radius 2 is 2.17 bits per heavy atom. The Labute approximate surface area is 111 Å². The van der Waals surface area contributed by atoms with Gasteiger partial charge in [-0.25, -0.2) is 0 Å². The third-order valence-electron chi connectivity index (χ3n) is 4.02. The van der Waals surface area contributed by atoms with Gasteiger partial charge in [0.2, 0.25) is 0 Å². The van der Waals surface area contributed by atoms with Crippen LogP contribution in [0.3, 0.4) is 0 Å². The maximum absolute atomic E-state index is 4.44. The molecule has 3 nitrogen and oxygen atoms in total. The predicted molar refractivity (Wildman–Crippen MR) is 75.6 cm³/mol. The molecule has 1 aliphatic rings. The first kappa shape index (κ1) is 13.6. The first-order valence-electron chi connectivity index (χ1n) is 7.52. The summed E-state index contributed by atoms with van der Waals surface area (Å²) in [5.41, 5.74) is 1.26. The molecule has 0 spiro atoms. The third kappa shape index (κ3) is 3.84. The highest BCUT2D eigenvalue weighted by atomic mass is 15.3. The van der Waals surface area contributed by atoms with Crippen molar-refractivity contribution >= 4 is 0 Å². The number of aromatic nitrogens is 2. The molecule has 1 aromatic heterocycles. The molecule has 1 heterocycles. The van der Waals surface area contributed by atoms with Crippen LogP contribution in [0.25, 0.3) is 0 Å². The van der Waals surface area contributed by atoms with Crippen molar-refractivity contribution in [3.8, 4) is 0 Å². The SMILES string of the molecule is CCCNC(Cn1cc(C)cn1)C1CCCCC1. The maximum atomic E-state index is 4.44. The molecule has 1 atom stereocenters. The van der Waals surface area contributed by atoms with Gasteiger partial charge in [0.05, 0.1) is 12.7 Å². The Kier molecular flexibility index (Phi) is 5.24. The Balaban J connectivity index is 1.94. The largest absolute Gasteiger partial charge is 0.312 e. The quantitative estimate of drug-likeness (QED) is 0.839. The standard InChI is InChI=1S/C15H27N3/c1-3-9-16-15(14-7-5-4-6-8-14)12-18-11-13(2)10-17-18/h10-11,14-16H,3-9,12H2,1-2H3. The number of nitrogens with zero attached hydrogens (tertiary/aromatic N) is 2. The molecule has 0 saturated heterocycles. The van der Waals surface area contributed by atoms with E-state index in [0.29, 0.717) is 6.04 Å². The minimum Gasteiger partial charge on any atom is -0.312 e. The molecular weight excluding hydrogens is 222 g/mol. The van der Waals surface area contributed by atoms with Crippen molar-refractivity contribution in [1.29, 1.82) is 0 Å². The third-order valence-corrected chi connectivity index (χ3v) is 4.02. The normalized spacial score (nSPS) is 19.0. The van der Waals surface area contributed by atoms with E-state index in [2.05, 4.69) is 35.1 Å². The molecule has 102 valence electrons. The zero-order valence-corrected chi connectivity index (χ0v) is 11.9. The zero-order valence-electron chi connectivity index (χ0n) is 11.9. The van der Waals surface area contributed by atoms with Gasteiger partial charge in [-0.3, -0.25) is 4.68 Å². The lowest BCUT2D eigenvalue weighted by molar-refractivity contribution is 0.243. The highest BCUT2D eigenvalue weighted by Crippen LogP contribution is 2.27. The predicted octanol–water partition coefficient (Wildman–Crippen LogP) is 3.14. The lowest BCUT2D eigenvalue weighted by Crippen LogP contribution is -2.41. The van der Waals surface area contributed by atoms with Crippen LogP contribution in [0.1, 0.15) is 51.0 Å². The van der Waals surface area contributed by atoms with Crippen LogP contribution >= 0.6 is 0 Å². The summed E-state index contributed by atoms with van der Waals surface area (Å²) >= 11 is 0. The second-order valence-electron chi connectivity index (χ2n) is 5.70. The highest BCUT2D eigenvalue weighted by Gasteiger charge is 2.23. The minimum absolute atomic E-state index is 0.601. The van der Waals surface area contributed by atoms with Crippen LogP contribution in [0, 0.1) is 12.8 Å².